The van der Waals surface area contributed by atoms with Crippen LogP contribution in [0.1, 0.15) is 38.8 Å². The first-order chi connectivity index (χ1) is 10.4. The van der Waals surface area contributed by atoms with Crippen molar-refractivity contribution in [2.75, 3.05) is 0 Å². The van der Waals surface area contributed by atoms with Crippen molar-refractivity contribution in [3.63, 3.8) is 0 Å². The van der Waals surface area contributed by atoms with Crippen LogP contribution in [-0.2, 0) is 6.42 Å². The topological polar surface area (TPSA) is 83.8 Å². The molecule has 0 heterocycles. The third kappa shape index (κ3) is 3.09. The molecule has 2 aromatic rings. The lowest BCUT2D eigenvalue weighted by atomic mass is 10.1. The van der Waals surface area contributed by atoms with Gasteiger partial charge in [-0.25, -0.2) is 9.59 Å². The Bertz CT molecular complexity index is 734. The smallest absolute Gasteiger partial charge is 0.336 e. The SMILES string of the molecule is CCc1cccc(C)c1Oc1ccc(C(=O)O)c(C(=O)O)c1. The molecule has 114 valence electrons. The number of ether oxygens (including phenoxy) is 1. The van der Waals surface area contributed by atoms with Crippen molar-refractivity contribution in [1.29, 1.82) is 0 Å². The molecule has 0 saturated heterocycles. The molecule has 2 N–H and O–H groups in total. The van der Waals surface area contributed by atoms with Crippen LogP contribution in [0.2, 0.25) is 0 Å². The van der Waals surface area contributed by atoms with E-state index in [0.717, 1.165) is 17.5 Å². The van der Waals surface area contributed by atoms with Crippen molar-refractivity contribution in [3.8, 4) is 11.5 Å². The van der Waals surface area contributed by atoms with Gasteiger partial charge in [0.15, 0.2) is 0 Å². The number of para-hydroxylation sites is 1. The first-order valence-corrected chi connectivity index (χ1v) is 6.81. The van der Waals surface area contributed by atoms with E-state index < -0.39 is 11.9 Å². The summed E-state index contributed by atoms with van der Waals surface area (Å²) in [4.78, 5) is 22.2. The summed E-state index contributed by atoms with van der Waals surface area (Å²) in [6.07, 6.45) is 0.774. The summed E-state index contributed by atoms with van der Waals surface area (Å²) in [5, 5.41) is 18.2. The highest BCUT2D eigenvalue weighted by molar-refractivity contribution is 6.02. The van der Waals surface area contributed by atoms with E-state index in [0.29, 0.717) is 11.5 Å². The number of hydrogen-bond donors (Lipinski definition) is 2. The second kappa shape index (κ2) is 6.30. The predicted octanol–water partition coefficient (Wildman–Crippen LogP) is 3.75. The number of aromatic carboxylic acids is 2. The van der Waals surface area contributed by atoms with Gasteiger partial charge in [-0.05, 0) is 42.7 Å². The average Bonchev–Trinajstić information content (AvgIpc) is 2.48. The molecule has 0 spiro atoms. The van der Waals surface area contributed by atoms with Gasteiger partial charge >= 0.3 is 11.9 Å². The standard InChI is InChI=1S/C17H16O5/c1-3-11-6-4-5-10(2)15(11)22-12-7-8-13(16(18)19)14(9-12)17(20)21/h4-9H,3H2,1-2H3,(H,18,19)(H,20,21). The van der Waals surface area contributed by atoms with E-state index in [1.165, 1.54) is 18.2 Å². The zero-order valence-corrected chi connectivity index (χ0v) is 12.3. The first-order valence-electron chi connectivity index (χ1n) is 6.81. The summed E-state index contributed by atoms with van der Waals surface area (Å²) in [6.45, 7) is 3.90. The molecule has 0 bridgehead atoms. The van der Waals surface area contributed by atoms with Crippen LogP contribution in [0, 0.1) is 6.92 Å². The molecule has 2 aromatic carbocycles. The molecular formula is C17H16O5. The van der Waals surface area contributed by atoms with Crippen LogP contribution in [0.4, 0.5) is 0 Å². The van der Waals surface area contributed by atoms with Gasteiger partial charge in [0.2, 0.25) is 0 Å². The quantitative estimate of drug-likeness (QED) is 0.878. The van der Waals surface area contributed by atoms with E-state index in [4.69, 9.17) is 14.9 Å². The Morgan fingerprint density at radius 2 is 1.73 bits per heavy atom. The molecule has 5 heteroatoms. The number of aryl methyl sites for hydroxylation is 2. The minimum Gasteiger partial charge on any atom is -0.478 e. The second-order valence-corrected chi connectivity index (χ2v) is 4.84. The van der Waals surface area contributed by atoms with Gasteiger partial charge in [0.05, 0.1) is 11.1 Å². The fourth-order valence-electron chi connectivity index (χ4n) is 2.21. The van der Waals surface area contributed by atoms with E-state index in [2.05, 4.69) is 0 Å². The van der Waals surface area contributed by atoms with Gasteiger partial charge in [-0.2, -0.15) is 0 Å². The molecular weight excluding hydrogens is 284 g/mol. The summed E-state index contributed by atoms with van der Waals surface area (Å²) in [5.74, 6) is -1.62. The molecule has 5 nitrogen and oxygen atoms in total. The Hall–Kier alpha value is -2.82. The maximum Gasteiger partial charge on any atom is 0.336 e. The average molecular weight is 300 g/mol. The molecule has 0 unspecified atom stereocenters. The molecule has 2 rings (SSSR count). The fraction of sp³-hybridized carbons (Fsp3) is 0.176. The van der Waals surface area contributed by atoms with Gasteiger partial charge in [-0.1, -0.05) is 25.1 Å². The normalized spacial score (nSPS) is 10.3. The highest BCUT2D eigenvalue weighted by atomic mass is 16.5. The molecule has 0 amide bonds. The molecule has 22 heavy (non-hydrogen) atoms. The largest absolute Gasteiger partial charge is 0.478 e. The van der Waals surface area contributed by atoms with E-state index in [9.17, 15) is 9.59 Å². The number of hydrogen-bond acceptors (Lipinski definition) is 3. The molecule has 0 atom stereocenters. The van der Waals surface area contributed by atoms with Crippen molar-refractivity contribution < 1.29 is 24.5 Å². The number of carbonyl (C=O) groups is 2. The van der Waals surface area contributed by atoms with E-state index in [1.54, 1.807) is 0 Å². The summed E-state index contributed by atoms with van der Waals surface area (Å²) >= 11 is 0. The van der Waals surface area contributed by atoms with Gasteiger partial charge in [-0.15, -0.1) is 0 Å². The van der Waals surface area contributed by atoms with Crippen molar-refractivity contribution in [3.05, 3.63) is 58.7 Å². The zero-order chi connectivity index (χ0) is 16.3. The lowest BCUT2D eigenvalue weighted by Gasteiger charge is -2.13. The van der Waals surface area contributed by atoms with Gasteiger partial charge < -0.3 is 14.9 Å². The minimum absolute atomic E-state index is 0.264. The molecule has 0 aliphatic carbocycles. The zero-order valence-electron chi connectivity index (χ0n) is 12.3. The van der Waals surface area contributed by atoms with Crippen molar-refractivity contribution in [2.45, 2.75) is 20.3 Å². The third-order valence-electron chi connectivity index (χ3n) is 3.35. The number of rotatable bonds is 5. The van der Waals surface area contributed by atoms with Crippen molar-refractivity contribution in [1.82, 2.24) is 0 Å². The fourth-order valence-corrected chi connectivity index (χ4v) is 2.21. The molecule has 0 radical (unpaired) electrons. The monoisotopic (exact) mass is 300 g/mol. The Morgan fingerprint density at radius 3 is 2.32 bits per heavy atom. The van der Waals surface area contributed by atoms with Crippen LogP contribution in [-0.4, -0.2) is 22.2 Å². The molecule has 0 aliphatic heterocycles. The Balaban J connectivity index is 2.45. The molecule has 0 fully saturated rings. The van der Waals surface area contributed by atoms with E-state index in [1.807, 2.05) is 32.0 Å². The van der Waals surface area contributed by atoms with Crippen LogP contribution in [0.3, 0.4) is 0 Å². The maximum atomic E-state index is 11.2. The Labute approximate surface area is 127 Å². The highest BCUT2D eigenvalue weighted by Gasteiger charge is 2.17. The number of benzene rings is 2. The summed E-state index contributed by atoms with van der Waals surface area (Å²) in [6, 6.07) is 9.70. The van der Waals surface area contributed by atoms with Crippen LogP contribution in [0.25, 0.3) is 0 Å². The Kier molecular flexibility index (Phi) is 4.46. The summed E-state index contributed by atoms with van der Waals surface area (Å²) in [7, 11) is 0. The summed E-state index contributed by atoms with van der Waals surface area (Å²) in [5.41, 5.74) is 1.37. The predicted molar refractivity (Wildman–Crippen MR) is 81.0 cm³/mol. The minimum atomic E-state index is -1.30. The lowest BCUT2D eigenvalue weighted by Crippen LogP contribution is -2.08. The maximum absolute atomic E-state index is 11.2. The molecule has 0 aliphatic rings. The van der Waals surface area contributed by atoms with Gasteiger partial charge in [0.1, 0.15) is 11.5 Å². The second-order valence-electron chi connectivity index (χ2n) is 4.84. The summed E-state index contributed by atoms with van der Waals surface area (Å²) < 4.78 is 5.80. The number of carboxylic acids is 2. The first kappa shape index (κ1) is 15.6. The molecule has 0 aromatic heterocycles. The van der Waals surface area contributed by atoms with E-state index >= 15 is 0 Å². The van der Waals surface area contributed by atoms with Crippen LogP contribution in [0.15, 0.2) is 36.4 Å². The highest BCUT2D eigenvalue weighted by Crippen LogP contribution is 2.30. The van der Waals surface area contributed by atoms with Crippen LogP contribution < -0.4 is 4.74 Å². The van der Waals surface area contributed by atoms with Gasteiger partial charge in [0.25, 0.3) is 0 Å². The van der Waals surface area contributed by atoms with Crippen LogP contribution >= 0.6 is 0 Å². The molecule has 0 saturated carbocycles. The van der Waals surface area contributed by atoms with Crippen molar-refractivity contribution >= 4 is 11.9 Å². The van der Waals surface area contributed by atoms with Crippen LogP contribution in [0.5, 0.6) is 11.5 Å². The number of carboxylic acid groups (broad SMARTS) is 2. The Morgan fingerprint density at radius 1 is 1.05 bits per heavy atom. The van der Waals surface area contributed by atoms with E-state index in [-0.39, 0.29) is 11.1 Å². The lowest BCUT2D eigenvalue weighted by molar-refractivity contribution is 0.0651. The third-order valence-corrected chi connectivity index (χ3v) is 3.35. The van der Waals surface area contributed by atoms with Gasteiger partial charge in [-0.3, -0.25) is 0 Å². The van der Waals surface area contributed by atoms with Gasteiger partial charge in [0, 0.05) is 0 Å². The van der Waals surface area contributed by atoms with Crippen molar-refractivity contribution in [2.24, 2.45) is 0 Å².